The van der Waals surface area contributed by atoms with Crippen LogP contribution in [-0.4, -0.2) is 29.9 Å². The van der Waals surface area contributed by atoms with E-state index in [2.05, 4.69) is 11.9 Å². The van der Waals surface area contributed by atoms with Crippen LogP contribution in [-0.2, 0) is 11.2 Å². The molecular weight excluding hydrogens is 339 g/mol. The van der Waals surface area contributed by atoms with E-state index in [1.54, 1.807) is 18.2 Å². The smallest absolute Gasteiger partial charge is 0.318 e. The highest BCUT2D eigenvalue weighted by atomic mass is 35.5. The lowest BCUT2D eigenvalue weighted by atomic mass is 10.1. The lowest BCUT2D eigenvalue weighted by molar-refractivity contribution is -0.119. The van der Waals surface area contributed by atoms with E-state index < -0.39 is 6.03 Å². The first-order valence-electron chi connectivity index (χ1n) is 6.70. The maximum Gasteiger partial charge on any atom is 0.318 e. The number of hydrogen-bond acceptors (Lipinski definition) is 3. The Hall–Kier alpha value is -2.02. The number of allylic oxidation sites excluding steroid dienone is 1. The molecular formula is C15H18Cl2N4O2. The molecule has 124 valence electrons. The lowest BCUT2D eigenvalue weighted by Crippen LogP contribution is -2.35. The number of amides is 3. The van der Waals surface area contributed by atoms with E-state index in [-0.39, 0.29) is 25.4 Å². The van der Waals surface area contributed by atoms with Crippen LogP contribution in [0.4, 0.5) is 4.79 Å². The molecule has 5 N–H and O–H groups in total. The van der Waals surface area contributed by atoms with Gasteiger partial charge in [0.1, 0.15) is 0 Å². The first-order valence-corrected chi connectivity index (χ1v) is 7.46. The molecule has 0 spiro atoms. The van der Waals surface area contributed by atoms with E-state index in [4.69, 9.17) is 34.7 Å². The molecule has 8 heteroatoms. The molecule has 0 radical (unpaired) electrons. The second-order valence-electron chi connectivity index (χ2n) is 4.63. The molecule has 0 bridgehead atoms. The van der Waals surface area contributed by atoms with Gasteiger partial charge in [0, 0.05) is 25.0 Å². The molecule has 1 aromatic carbocycles. The highest BCUT2D eigenvalue weighted by Crippen LogP contribution is 2.22. The largest absolute Gasteiger partial charge is 0.351 e. The SMILES string of the molecule is C=C(/C=C\N(CCN)C(N)=O)NC(=O)Cc1ccc(Cl)c(Cl)c1. The molecule has 0 atom stereocenters. The molecule has 0 aromatic heterocycles. The minimum atomic E-state index is -0.637. The fourth-order valence-corrected chi connectivity index (χ4v) is 2.00. The number of carbonyl (C=O) groups is 2. The quantitative estimate of drug-likeness (QED) is 0.651. The minimum absolute atomic E-state index is 0.117. The third kappa shape index (κ3) is 6.73. The summed E-state index contributed by atoms with van der Waals surface area (Å²) in [7, 11) is 0. The van der Waals surface area contributed by atoms with Gasteiger partial charge in [0.2, 0.25) is 5.91 Å². The van der Waals surface area contributed by atoms with Crippen LogP contribution in [0.25, 0.3) is 0 Å². The number of hydrogen-bond donors (Lipinski definition) is 3. The Morgan fingerprint density at radius 1 is 1.30 bits per heavy atom. The Kier molecular flexibility index (Phi) is 7.61. The summed E-state index contributed by atoms with van der Waals surface area (Å²) in [6, 6.07) is 4.32. The molecule has 0 aliphatic carbocycles. The highest BCUT2D eigenvalue weighted by Gasteiger charge is 2.07. The van der Waals surface area contributed by atoms with Gasteiger partial charge in [-0.1, -0.05) is 35.8 Å². The first-order chi connectivity index (χ1) is 10.8. The fraction of sp³-hybridized carbons (Fsp3) is 0.200. The minimum Gasteiger partial charge on any atom is -0.351 e. The van der Waals surface area contributed by atoms with Crippen LogP contribution in [0.2, 0.25) is 10.0 Å². The number of rotatable bonds is 7. The molecule has 0 aliphatic rings. The van der Waals surface area contributed by atoms with Gasteiger partial charge >= 0.3 is 6.03 Å². The summed E-state index contributed by atoms with van der Waals surface area (Å²) in [6.45, 7) is 4.22. The van der Waals surface area contributed by atoms with Crippen molar-refractivity contribution in [3.05, 3.63) is 58.4 Å². The maximum absolute atomic E-state index is 11.9. The van der Waals surface area contributed by atoms with Gasteiger partial charge < -0.3 is 21.7 Å². The van der Waals surface area contributed by atoms with E-state index in [1.165, 1.54) is 17.2 Å². The van der Waals surface area contributed by atoms with Gasteiger partial charge in [0.25, 0.3) is 0 Å². The summed E-state index contributed by atoms with van der Waals surface area (Å²) < 4.78 is 0. The van der Waals surface area contributed by atoms with E-state index in [9.17, 15) is 9.59 Å². The number of nitrogens with one attached hydrogen (secondary N) is 1. The summed E-state index contributed by atoms with van der Waals surface area (Å²) in [5.74, 6) is -0.275. The van der Waals surface area contributed by atoms with Crippen LogP contribution in [0.5, 0.6) is 0 Å². The summed E-state index contributed by atoms with van der Waals surface area (Å²) >= 11 is 11.7. The van der Waals surface area contributed by atoms with Crippen molar-refractivity contribution < 1.29 is 9.59 Å². The standard InChI is InChI=1S/C15H18Cl2N4O2/c1-10(4-6-21(7-5-18)15(19)23)20-14(22)9-11-2-3-12(16)13(17)8-11/h2-4,6,8H,1,5,7,9,18H2,(H2,19,23)(H,20,22)/b6-4-. The number of benzene rings is 1. The van der Waals surface area contributed by atoms with Crippen LogP contribution in [0, 0.1) is 0 Å². The Labute approximate surface area is 144 Å². The Balaban J connectivity index is 2.57. The number of primary amides is 1. The summed E-state index contributed by atoms with van der Waals surface area (Å²) in [5, 5.41) is 3.40. The second-order valence-corrected chi connectivity index (χ2v) is 5.45. The van der Waals surface area contributed by atoms with Crippen molar-refractivity contribution in [2.45, 2.75) is 6.42 Å². The van der Waals surface area contributed by atoms with Crippen molar-refractivity contribution in [3.63, 3.8) is 0 Å². The van der Waals surface area contributed by atoms with Crippen LogP contribution >= 0.6 is 23.2 Å². The molecule has 0 fully saturated rings. The van der Waals surface area contributed by atoms with Crippen molar-refractivity contribution >= 4 is 35.1 Å². The number of nitrogens with zero attached hydrogens (tertiary/aromatic N) is 1. The van der Waals surface area contributed by atoms with Gasteiger partial charge in [-0.05, 0) is 23.8 Å². The Morgan fingerprint density at radius 3 is 2.57 bits per heavy atom. The van der Waals surface area contributed by atoms with Crippen molar-refractivity contribution in [2.75, 3.05) is 13.1 Å². The van der Waals surface area contributed by atoms with Gasteiger partial charge in [0.15, 0.2) is 0 Å². The normalized spacial score (nSPS) is 10.6. The zero-order valence-electron chi connectivity index (χ0n) is 12.4. The summed E-state index contributed by atoms with van der Waals surface area (Å²) in [6.07, 6.45) is 3.00. The molecule has 1 aromatic rings. The van der Waals surface area contributed by atoms with Crippen molar-refractivity contribution in [3.8, 4) is 0 Å². The first kappa shape index (κ1) is 19.0. The number of urea groups is 1. The van der Waals surface area contributed by atoms with Gasteiger partial charge in [-0.3, -0.25) is 4.79 Å². The highest BCUT2D eigenvalue weighted by molar-refractivity contribution is 6.42. The molecule has 1 rings (SSSR count). The summed E-state index contributed by atoms with van der Waals surface area (Å²) in [5.41, 5.74) is 11.6. The maximum atomic E-state index is 11.9. The number of halogens is 2. The van der Waals surface area contributed by atoms with Crippen molar-refractivity contribution in [2.24, 2.45) is 11.5 Å². The number of carbonyl (C=O) groups excluding carboxylic acids is 2. The molecule has 23 heavy (non-hydrogen) atoms. The average Bonchev–Trinajstić information content (AvgIpc) is 2.46. The third-order valence-corrected chi connectivity index (χ3v) is 3.50. The topological polar surface area (TPSA) is 101 Å². The average molecular weight is 357 g/mol. The molecule has 6 nitrogen and oxygen atoms in total. The van der Waals surface area contributed by atoms with E-state index in [0.29, 0.717) is 15.7 Å². The van der Waals surface area contributed by atoms with Gasteiger partial charge in [-0.25, -0.2) is 4.79 Å². The Morgan fingerprint density at radius 2 is 2.00 bits per heavy atom. The second kappa shape index (κ2) is 9.19. The predicted octanol–water partition coefficient (Wildman–Crippen LogP) is 2.02. The van der Waals surface area contributed by atoms with Crippen LogP contribution < -0.4 is 16.8 Å². The third-order valence-electron chi connectivity index (χ3n) is 2.76. The zero-order chi connectivity index (χ0) is 17.4. The predicted molar refractivity (Wildman–Crippen MR) is 91.9 cm³/mol. The van der Waals surface area contributed by atoms with Gasteiger partial charge in [-0.15, -0.1) is 0 Å². The lowest BCUT2D eigenvalue weighted by Gasteiger charge is -2.14. The molecule has 3 amide bonds. The monoisotopic (exact) mass is 356 g/mol. The van der Waals surface area contributed by atoms with Crippen LogP contribution in [0.3, 0.4) is 0 Å². The molecule has 0 aliphatic heterocycles. The molecule has 0 unspecified atom stereocenters. The fourth-order valence-electron chi connectivity index (χ4n) is 1.68. The van der Waals surface area contributed by atoms with Gasteiger partial charge in [0.05, 0.1) is 16.5 Å². The summed E-state index contributed by atoms with van der Waals surface area (Å²) in [4.78, 5) is 24.3. The molecule has 0 saturated carbocycles. The number of nitrogens with two attached hydrogens (primary N) is 2. The Bertz CT molecular complexity index is 632. The molecule has 0 heterocycles. The zero-order valence-corrected chi connectivity index (χ0v) is 13.9. The van der Waals surface area contributed by atoms with Crippen LogP contribution in [0.15, 0.2) is 42.8 Å². The van der Waals surface area contributed by atoms with E-state index in [0.717, 1.165) is 5.56 Å². The van der Waals surface area contributed by atoms with Gasteiger partial charge in [-0.2, -0.15) is 0 Å². The van der Waals surface area contributed by atoms with Crippen LogP contribution in [0.1, 0.15) is 5.56 Å². The van der Waals surface area contributed by atoms with E-state index in [1.807, 2.05) is 0 Å². The molecule has 0 saturated heterocycles. The van der Waals surface area contributed by atoms with E-state index >= 15 is 0 Å². The van der Waals surface area contributed by atoms with Crippen molar-refractivity contribution in [1.82, 2.24) is 10.2 Å². The van der Waals surface area contributed by atoms with Crippen molar-refractivity contribution in [1.29, 1.82) is 0 Å².